The van der Waals surface area contributed by atoms with Crippen LogP contribution in [0, 0.1) is 11.8 Å². The van der Waals surface area contributed by atoms with Crippen LogP contribution in [0.3, 0.4) is 0 Å². The maximum Gasteiger partial charge on any atom is 0.325 e. The molecule has 0 fully saturated rings. The Morgan fingerprint density at radius 1 is 1.26 bits per heavy atom. The number of carboxylic acids is 2. The predicted molar refractivity (Wildman–Crippen MR) is 77.9 cm³/mol. The molecule has 0 saturated carbocycles. The van der Waals surface area contributed by atoms with Crippen molar-refractivity contribution in [1.29, 1.82) is 0 Å². The lowest BCUT2D eigenvalue weighted by Crippen LogP contribution is -2.48. The molecular weight excluding hydrogens is 330 g/mol. The SMILES string of the molecule is Cc1ccc(S(=O)(=O)N[C@H](CN(CC(=O)O)N=O)C(=O)O)cc1. The molecule has 0 heterocycles. The molecule has 0 unspecified atom stereocenters. The van der Waals surface area contributed by atoms with E-state index in [0.717, 1.165) is 5.56 Å². The van der Waals surface area contributed by atoms with E-state index < -0.39 is 41.1 Å². The Kier molecular flexibility index (Phi) is 6.16. The van der Waals surface area contributed by atoms with Crippen LogP contribution < -0.4 is 4.72 Å². The van der Waals surface area contributed by atoms with Crippen LogP contribution in [0.4, 0.5) is 0 Å². The average molecular weight is 345 g/mol. The van der Waals surface area contributed by atoms with Gasteiger partial charge < -0.3 is 10.2 Å². The van der Waals surface area contributed by atoms with E-state index >= 15 is 0 Å². The number of nitroso groups, excluding NO2 is 1. The van der Waals surface area contributed by atoms with Gasteiger partial charge in [-0.2, -0.15) is 4.72 Å². The lowest BCUT2D eigenvalue weighted by atomic mass is 10.2. The smallest absolute Gasteiger partial charge is 0.325 e. The van der Waals surface area contributed by atoms with Crippen LogP contribution in [-0.4, -0.2) is 54.7 Å². The van der Waals surface area contributed by atoms with Crippen LogP contribution in [0.1, 0.15) is 5.56 Å². The van der Waals surface area contributed by atoms with Crippen molar-refractivity contribution in [2.24, 2.45) is 5.29 Å². The lowest BCUT2D eigenvalue weighted by molar-refractivity contribution is -0.142. The number of nitrogens with one attached hydrogen (secondary N) is 1. The summed E-state index contributed by atoms with van der Waals surface area (Å²) < 4.78 is 26.2. The third kappa shape index (κ3) is 5.64. The summed E-state index contributed by atoms with van der Waals surface area (Å²) in [5.41, 5.74) is 0.816. The first-order valence-electron chi connectivity index (χ1n) is 6.27. The summed E-state index contributed by atoms with van der Waals surface area (Å²) in [7, 11) is -4.15. The van der Waals surface area contributed by atoms with Crippen molar-refractivity contribution in [3.05, 3.63) is 34.7 Å². The quantitative estimate of drug-likeness (QED) is 0.410. The number of hydrogen-bond acceptors (Lipinski definition) is 6. The highest BCUT2D eigenvalue weighted by Gasteiger charge is 2.28. The minimum Gasteiger partial charge on any atom is -0.480 e. The molecule has 0 bridgehead atoms. The average Bonchev–Trinajstić information content (AvgIpc) is 2.45. The first-order chi connectivity index (χ1) is 10.7. The molecule has 126 valence electrons. The van der Waals surface area contributed by atoms with Gasteiger partial charge in [0, 0.05) is 0 Å². The summed E-state index contributed by atoms with van der Waals surface area (Å²) >= 11 is 0. The van der Waals surface area contributed by atoms with E-state index in [9.17, 15) is 22.9 Å². The second kappa shape index (κ2) is 7.65. The van der Waals surface area contributed by atoms with E-state index in [1.165, 1.54) is 24.3 Å². The first kappa shape index (κ1) is 18.5. The third-order valence-corrected chi connectivity index (χ3v) is 4.24. The first-order valence-corrected chi connectivity index (χ1v) is 7.76. The van der Waals surface area contributed by atoms with Gasteiger partial charge in [-0.3, -0.25) is 9.59 Å². The molecule has 23 heavy (non-hydrogen) atoms. The van der Waals surface area contributed by atoms with Crippen LogP contribution in [0.15, 0.2) is 34.4 Å². The van der Waals surface area contributed by atoms with Gasteiger partial charge in [0.05, 0.1) is 16.7 Å². The van der Waals surface area contributed by atoms with Crippen molar-refractivity contribution in [3.63, 3.8) is 0 Å². The minimum atomic E-state index is -4.15. The molecule has 0 aliphatic heterocycles. The van der Waals surface area contributed by atoms with Gasteiger partial charge in [-0.15, -0.1) is 4.91 Å². The number of hydrogen-bond donors (Lipinski definition) is 3. The molecular formula is C12H15N3O7S. The van der Waals surface area contributed by atoms with Gasteiger partial charge in [-0.05, 0) is 19.1 Å². The lowest BCUT2D eigenvalue weighted by Gasteiger charge is -2.19. The van der Waals surface area contributed by atoms with E-state index in [4.69, 9.17) is 10.2 Å². The van der Waals surface area contributed by atoms with Gasteiger partial charge >= 0.3 is 11.9 Å². The van der Waals surface area contributed by atoms with E-state index in [2.05, 4.69) is 5.29 Å². The Morgan fingerprint density at radius 2 is 1.83 bits per heavy atom. The normalized spacial score (nSPS) is 12.4. The second-order valence-electron chi connectivity index (χ2n) is 4.65. The van der Waals surface area contributed by atoms with Gasteiger partial charge in [0.15, 0.2) is 0 Å². The summed E-state index contributed by atoms with van der Waals surface area (Å²) in [6, 6.07) is 3.92. The van der Waals surface area contributed by atoms with E-state index in [1.807, 2.05) is 4.72 Å². The molecule has 0 amide bonds. The predicted octanol–water partition coefficient (Wildman–Crippen LogP) is -0.205. The highest BCUT2D eigenvalue weighted by Crippen LogP contribution is 2.11. The zero-order chi connectivity index (χ0) is 17.6. The molecule has 0 saturated heterocycles. The summed E-state index contributed by atoms with van der Waals surface area (Å²) in [6.45, 7) is 0.180. The highest BCUT2D eigenvalue weighted by molar-refractivity contribution is 7.89. The zero-order valence-corrected chi connectivity index (χ0v) is 12.9. The molecule has 0 radical (unpaired) electrons. The van der Waals surface area contributed by atoms with E-state index in [1.54, 1.807) is 6.92 Å². The van der Waals surface area contributed by atoms with Crippen molar-refractivity contribution in [2.75, 3.05) is 13.1 Å². The summed E-state index contributed by atoms with van der Waals surface area (Å²) in [4.78, 5) is 32.0. The molecule has 0 spiro atoms. The zero-order valence-electron chi connectivity index (χ0n) is 12.0. The summed E-state index contributed by atoms with van der Waals surface area (Å²) in [5, 5.41) is 20.4. The highest BCUT2D eigenvalue weighted by atomic mass is 32.2. The third-order valence-electron chi connectivity index (χ3n) is 2.75. The van der Waals surface area contributed by atoms with Crippen LogP contribution in [0.25, 0.3) is 0 Å². The number of aryl methyl sites for hydroxylation is 1. The number of sulfonamides is 1. The Bertz CT molecular complexity index is 687. The number of nitrogens with zero attached hydrogens (tertiary/aromatic N) is 2. The molecule has 1 rings (SSSR count). The number of carbonyl (C=O) groups is 2. The van der Waals surface area contributed by atoms with Crippen LogP contribution in [0.2, 0.25) is 0 Å². The van der Waals surface area contributed by atoms with Gasteiger partial charge in [-0.25, -0.2) is 13.4 Å². The molecule has 11 heteroatoms. The maximum absolute atomic E-state index is 12.1. The van der Waals surface area contributed by atoms with Gasteiger partial charge in [0.2, 0.25) is 10.0 Å². The van der Waals surface area contributed by atoms with Crippen molar-refractivity contribution in [2.45, 2.75) is 17.9 Å². The van der Waals surface area contributed by atoms with Gasteiger partial charge in [-0.1, -0.05) is 17.7 Å². The molecule has 10 nitrogen and oxygen atoms in total. The molecule has 3 N–H and O–H groups in total. The van der Waals surface area contributed by atoms with Crippen molar-refractivity contribution < 1.29 is 28.2 Å². The Balaban J connectivity index is 2.94. The number of carboxylic acid groups (broad SMARTS) is 2. The monoisotopic (exact) mass is 345 g/mol. The Morgan fingerprint density at radius 3 is 2.26 bits per heavy atom. The molecule has 1 aromatic carbocycles. The van der Waals surface area contributed by atoms with Crippen LogP contribution in [0.5, 0.6) is 0 Å². The van der Waals surface area contributed by atoms with Gasteiger partial charge in [0.1, 0.15) is 12.6 Å². The number of benzene rings is 1. The van der Waals surface area contributed by atoms with Crippen molar-refractivity contribution in [3.8, 4) is 0 Å². The minimum absolute atomic E-state index is 0.154. The molecule has 0 aliphatic rings. The fraction of sp³-hybridized carbons (Fsp3) is 0.333. The summed E-state index contributed by atoms with van der Waals surface area (Å²) in [6.07, 6.45) is 0. The van der Waals surface area contributed by atoms with Crippen LogP contribution >= 0.6 is 0 Å². The maximum atomic E-state index is 12.1. The standard InChI is InChI=1S/C12H15N3O7S/c1-8-2-4-9(5-3-8)23(21,22)13-10(12(18)19)6-15(14-20)7-11(16)17/h2-5,10,13H,6-7H2,1H3,(H,16,17)(H,18,19)/t10-/m1/s1. The van der Waals surface area contributed by atoms with E-state index in [-0.39, 0.29) is 4.90 Å². The van der Waals surface area contributed by atoms with E-state index in [0.29, 0.717) is 5.01 Å². The fourth-order valence-corrected chi connectivity index (χ4v) is 2.81. The number of rotatable bonds is 9. The van der Waals surface area contributed by atoms with Crippen molar-refractivity contribution >= 4 is 22.0 Å². The van der Waals surface area contributed by atoms with Crippen molar-refractivity contribution in [1.82, 2.24) is 9.73 Å². The molecule has 1 aromatic rings. The second-order valence-corrected chi connectivity index (χ2v) is 6.36. The van der Waals surface area contributed by atoms with Gasteiger partial charge in [0.25, 0.3) is 0 Å². The van der Waals surface area contributed by atoms with Crippen LogP contribution in [-0.2, 0) is 19.6 Å². The molecule has 0 aromatic heterocycles. The molecule has 0 aliphatic carbocycles. The number of aliphatic carboxylic acids is 2. The topological polar surface area (TPSA) is 153 Å². The Hall–Kier alpha value is -2.53. The Labute approximate surface area is 131 Å². The molecule has 1 atom stereocenters. The largest absolute Gasteiger partial charge is 0.480 e. The summed E-state index contributed by atoms with van der Waals surface area (Å²) in [5.74, 6) is -2.98. The fourth-order valence-electron chi connectivity index (χ4n) is 1.63.